The van der Waals surface area contributed by atoms with Gasteiger partial charge in [0.05, 0.1) is 10.6 Å². The number of carboxylic acid groups (broad SMARTS) is 1. The van der Waals surface area contributed by atoms with Crippen molar-refractivity contribution in [3.63, 3.8) is 0 Å². The zero-order chi connectivity index (χ0) is 13.8. The fourth-order valence-corrected chi connectivity index (χ4v) is 3.50. The van der Waals surface area contributed by atoms with Crippen LogP contribution in [0.4, 0.5) is 0 Å². The summed E-state index contributed by atoms with van der Waals surface area (Å²) in [6.45, 7) is 4.85. The Hall–Kier alpha value is -1.34. The maximum atomic E-state index is 10.6. The van der Waals surface area contributed by atoms with E-state index in [0.717, 1.165) is 23.7 Å². The van der Waals surface area contributed by atoms with Gasteiger partial charge < -0.3 is 9.67 Å². The molecule has 0 atom stereocenters. The van der Waals surface area contributed by atoms with Crippen LogP contribution in [-0.2, 0) is 17.8 Å². The van der Waals surface area contributed by atoms with Gasteiger partial charge in [0.25, 0.3) is 0 Å². The first kappa shape index (κ1) is 14.1. The predicted molar refractivity (Wildman–Crippen MR) is 76.7 cm³/mol. The number of carbonyl (C=O) groups is 1. The second-order valence-electron chi connectivity index (χ2n) is 3.86. The third-order valence-electron chi connectivity index (χ3n) is 2.69. The van der Waals surface area contributed by atoms with Gasteiger partial charge in [-0.15, -0.1) is 21.5 Å². The van der Waals surface area contributed by atoms with Gasteiger partial charge in [-0.3, -0.25) is 4.79 Å². The van der Waals surface area contributed by atoms with Crippen molar-refractivity contribution in [1.82, 2.24) is 14.8 Å². The molecule has 2 aromatic rings. The molecule has 19 heavy (non-hydrogen) atoms. The van der Waals surface area contributed by atoms with Crippen molar-refractivity contribution in [2.75, 3.05) is 5.75 Å². The number of hydrogen-bond acceptors (Lipinski definition) is 5. The van der Waals surface area contributed by atoms with Crippen LogP contribution in [0.1, 0.15) is 19.4 Å². The van der Waals surface area contributed by atoms with Gasteiger partial charge in [-0.25, -0.2) is 0 Å². The Labute approximate surface area is 119 Å². The second kappa shape index (κ2) is 6.21. The predicted octanol–water partition coefficient (Wildman–Crippen LogP) is 2.77. The number of aryl methyl sites for hydroxylation is 1. The van der Waals surface area contributed by atoms with Crippen LogP contribution in [0.3, 0.4) is 0 Å². The molecular weight excluding hydrogens is 282 g/mol. The number of aliphatic carboxylic acids is 1. The highest BCUT2D eigenvalue weighted by Crippen LogP contribution is 2.31. The van der Waals surface area contributed by atoms with E-state index < -0.39 is 5.97 Å². The van der Waals surface area contributed by atoms with Gasteiger partial charge in [-0.05, 0) is 30.4 Å². The maximum Gasteiger partial charge on any atom is 0.313 e. The van der Waals surface area contributed by atoms with Crippen LogP contribution in [0.5, 0.6) is 0 Å². The monoisotopic (exact) mass is 297 g/mol. The Morgan fingerprint density at radius 2 is 2.26 bits per heavy atom. The van der Waals surface area contributed by atoms with Crippen LogP contribution < -0.4 is 0 Å². The number of rotatable bonds is 6. The lowest BCUT2D eigenvalue weighted by molar-refractivity contribution is -0.133. The summed E-state index contributed by atoms with van der Waals surface area (Å²) in [7, 11) is 0. The largest absolute Gasteiger partial charge is 0.481 e. The molecule has 0 fully saturated rings. The Morgan fingerprint density at radius 3 is 2.89 bits per heavy atom. The fraction of sp³-hybridized carbons (Fsp3) is 0.417. The van der Waals surface area contributed by atoms with Crippen molar-refractivity contribution in [3.8, 4) is 10.7 Å². The molecule has 0 unspecified atom stereocenters. The first-order valence-corrected chi connectivity index (χ1v) is 7.88. The molecule has 0 aliphatic carbocycles. The number of hydrogen-bond donors (Lipinski definition) is 1. The number of thioether (sulfide) groups is 1. The first-order chi connectivity index (χ1) is 9.17. The Kier molecular flexibility index (Phi) is 4.60. The zero-order valence-corrected chi connectivity index (χ0v) is 12.4. The molecule has 2 rings (SSSR count). The molecule has 0 saturated heterocycles. The van der Waals surface area contributed by atoms with Crippen molar-refractivity contribution in [2.45, 2.75) is 32.0 Å². The minimum Gasteiger partial charge on any atom is -0.481 e. The van der Waals surface area contributed by atoms with E-state index in [2.05, 4.69) is 23.2 Å². The lowest BCUT2D eigenvalue weighted by atomic mass is 10.2. The summed E-state index contributed by atoms with van der Waals surface area (Å²) in [5.74, 6) is -0.00625. The average molecular weight is 297 g/mol. The lowest BCUT2D eigenvalue weighted by Crippen LogP contribution is -2.03. The molecule has 0 aliphatic rings. The fourth-order valence-electron chi connectivity index (χ4n) is 1.79. The van der Waals surface area contributed by atoms with Gasteiger partial charge in [0.15, 0.2) is 11.0 Å². The molecule has 7 heteroatoms. The molecule has 0 radical (unpaired) electrons. The second-order valence-corrected chi connectivity index (χ2v) is 5.72. The van der Waals surface area contributed by atoms with Crippen LogP contribution in [-0.4, -0.2) is 31.6 Å². The summed E-state index contributed by atoms with van der Waals surface area (Å²) in [6.07, 6.45) is 0.951. The van der Waals surface area contributed by atoms with Gasteiger partial charge in [0, 0.05) is 6.54 Å². The summed E-state index contributed by atoms with van der Waals surface area (Å²) >= 11 is 2.85. The van der Waals surface area contributed by atoms with Crippen molar-refractivity contribution >= 4 is 29.1 Å². The molecule has 2 aromatic heterocycles. The molecule has 1 N–H and O–H groups in total. The van der Waals surface area contributed by atoms with Crippen molar-refractivity contribution in [1.29, 1.82) is 0 Å². The average Bonchev–Trinajstić information content (AvgIpc) is 3.01. The minimum absolute atomic E-state index is 0.00318. The van der Waals surface area contributed by atoms with E-state index in [-0.39, 0.29) is 5.75 Å². The van der Waals surface area contributed by atoms with Crippen molar-refractivity contribution in [2.24, 2.45) is 0 Å². The highest BCUT2D eigenvalue weighted by atomic mass is 32.2. The van der Waals surface area contributed by atoms with Crippen molar-refractivity contribution < 1.29 is 9.90 Å². The molecule has 5 nitrogen and oxygen atoms in total. The highest BCUT2D eigenvalue weighted by molar-refractivity contribution is 7.99. The van der Waals surface area contributed by atoms with E-state index >= 15 is 0 Å². The molecule has 0 saturated carbocycles. The van der Waals surface area contributed by atoms with E-state index in [1.165, 1.54) is 17.3 Å². The smallest absolute Gasteiger partial charge is 0.313 e. The quantitative estimate of drug-likeness (QED) is 0.830. The SMILES string of the molecule is CCc1ccsc1-c1nnc(SCC(=O)O)n1CC. The maximum absolute atomic E-state index is 10.6. The van der Waals surface area contributed by atoms with Crippen LogP contribution in [0, 0.1) is 0 Å². The van der Waals surface area contributed by atoms with Crippen LogP contribution >= 0.6 is 23.1 Å². The van der Waals surface area contributed by atoms with Crippen LogP contribution in [0.2, 0.25) is 0 Å². The van der Waals surface area contributed by atoms with Gasteiger partial charge in [0.2, 0.25) is 0 Å². The summed E-state index contributed by atoms with van der Waals surface area (Å²) in [5.41, 5.74) is 1.25. The number of thiophene rings is 1. The third-order valence-corrected chi connectivity index (χ3v) is 4.59. The Morgan fingerprint density at radius 1 is 1.47 bits per heavy atom. The van der Waals surface area contributed by atoms with Gasteiger partial charge >= 0.3 is 5.97 Å². The molecule has 102 valence electrons. The van der Waals surface area contributed by atoms with E-state index in [0.29, 0.717) is 5.16 Å². The molecule has 0 bridgehead atoms. The lowest BCUT2D eigenvalue weighted by Gasteiger charge is -2.06. The molecular formula is C12H15N3O2S2. The minimum atomic E-state index is -0.845. The molecule has 0 amide bonds. The summed E-state index contributed by atoms with van der Waals surface area (Å²) in [6, 6.07) is 2.10. The van der Waals surface area contributed by atoms with Gasteiger partial charge in [-0.2, -0.15) is 0 Å². The first-order valence-electron chi connectivity index (χ1n) is 6.01. The number of aromatic nitrogens is 3. The normalized spacial score (nSPS) is 10.8. The molecule has 0 aromatic carbocycles. The molecule has 2 heterocycles. The zero-order valence-electron chi connectivity index (χ0n) is 10.8. The van der Waals surface area contributed by atoms with E-state index in [9.17, 15) is 4.79 Å². The van der Waals surface area contributed by atoms with E-state index in [1.807, 2.05) is 16.9 Å². The summed E-state index contributed by atoms with van der Waals surface area (Å²) in [5, 5.41) is 19.8. The van der Waals surface area contributed by atoms with Crippen LogP contribution in [0.25, 0.3) is 10.7 Å². The Balaban J connectivity index is 2.34. The van der Waals surface area contributed by atoms with E-state index in [4.69, 9.17) is 5.11 Å². The van der Waals surface area contributed by atoms with Crippen LogP contribution in [0.15, 0.2) is 16.6 Å². The topological polar surface area (TPSA) is 68.0 Å². The number of nitrogens with zero attached hydrogens (tertiary/aromatic N) is 3. The highest BCUT2D eigenvalue weighted by Gasteiger charge is 2.17. The van der Waals surface area contributed by atoms with E-state index in [1.54, 1.807) is 11.3 Å². The molecule has 0 aliphatic heterocycles. The standard InChI is InChI=1S/C12H15N3O2S2/c1-3-8-5-6-18-10(8)11-13-14-12(15(11)4-2)19-7-9(16)17/h5-6H,3-4,7H2,1-2H3,(H,16,17). The van der Waals surface area contributed by atoms with Gasteiger partial charge in [0.1, 0.15) is 0 Å². The summed E-state index contributed by atoms with van der Waals surface area (Å²) < 4.78 is 1.97. The number of carboxylic acids is 1. The van der Waals surface area contributed by atoms with Crippen molar-refractivity contribution in [3.05, 3.63) is 17.0 Å². The Bertz CT molecular complexity index is 577. The summed E-state index contributed by atoms with van der Waals surface area (Å²) in [4.78, 5) is 11.8. The van der Waals surface area contributed by atoms with Gasteiger partial charge in [-0.1, -0.05) is 18.7 Å². The molecule has 0 spiro atoms. The third kappa shape index (κ3) is 2.98.